The highest BCUT2D eigenvalue weighted by Gasteiger charge is 2.46. The molecule has 2 aliphatic heterocycles. The normalized spacial score (nSPS) is 44.2. The largest absolute Gasteiger partial charge is 0.303 e. The molecule has 3 nitrogen and oxygen atoms in total. The lowest BCUT2D eigenvalue weighted by atomic mass is 10.0. The first-order chi connectivity index (χ1) is 5.64. The molecule has 2 bridgehead atoms. The summed E-state index contributed by atoms with van der Waals surface area (Å²) in [4.78, 5) is 10.5. The third kappa shape index (κ3) is 1.01. The molecule has 12 heavy (non-hydrogen) atoms. The van der Waals surface area contributed by atoms with Crippen LogP contribution in [0, 0.1) is 5.92 Å². The highest BCUT2D eigenvalue weighted by atomic mass is 32.2. The van der Waals surface area contributed by atoms with Crippen LogP contribution in [0.3, 0.4) is 0 Å². The quantitative estimate of drug-likeness (QED) is 0.564. The number of fused-ring (bicyclic) bond motifs is 2. The molecule has 0 N–H and O–H groups in total. The molecule has 2 fully saturated rings. The van der Waals surface area contributed by atoms with E-state index in [1.165, 1.54) is 0 Å². The van der Waals surface area contributed by atoms with Crippen molar-refractivity contribution >= 4 is 16.1 Å². The van der Waals surface area contributed by atoms with E-state index in [1.54, 1.807) is 0 Å². The summed E-state index contributed by atoms with van der Waals surface area (Å²) in [6, 6.07) is 0. The molecule has 2 heterocycles. The van der Waals surface area contributed by atoms with Gasteiger partial charge >= 0.3 is 0 Å². The fourth-order valence-corrected chi connectivity index (χ4v) is 4.86. The standard InChI is InChI=1S/C8H12O3S/c9-5-6-3-7-1-2-8(4-6)12(7,10)11/h5-8H,1-4H2. The summed E-state index contributed by atoms with van der Waals surface area (Å²) in [5.74, 6) is 0.00558. The minimum Gasteiger partial charge on any atom is -0.303 e. The molecule has 0 amide bonds. The second-order valence-corrected chi connectivity index (χ2v) is 6.29. The number of carbonyl (C=O) groups excluding carboxylic acids is 1. The van der Waals surface area contributed by atoms with E-state index in [-0.39, 0.29) is 16.4 Å². The van der Waals surface area contributed by atoms with Crippen LogP contribution in [0.2, 0.25) is 0 Å². The van der Waals surface area contributed by atoms with Gasteiger partial charge in [0.15, 0.2) is 9.84 Å². The second kappa shape index (κ2) is 2.55. The lowest BCUT2D eigenvalue weighted by molar-refractivity contribution is -0.111. The van der Waals surface area contributed by atoms with Gasteiger partial charge < -0.3 is 4.79 Å². The van der Waals surface area contributed by atoms with Gasteiger partial charge in [-0.05, 0) is 25.7 Å². The topological polar surface area (TPSA) is 51.2 Å². The van der Waals surface area contributed by atoms with E-state index in [4.69, 9.17) is 0 Å². The van der Waals surface area contributed by atoms with Gasteiger partial charge in [-0.2, -0.15) is 0 Å². The molecule has 0 aromatic rings. The molecule has 0 spiro atoms. The third-order valence-electron chi connectivity index (χ3n) is 3.06. The van der Waals surface area contributed by atoms with Gasteiger partial charge in [0, 0.05) is 5.92 Å². The van der Waals surface area contributed by atoms with Gasteiger partial charge in [-0.25, -0.2) is 8.42 Å². The Balaban J connectivity index is 2.28. The Morgan fingerprint density at radius 2 is 1.58 bits per heavy atom. The molecule has 0 aromatic carbocycles. The van der Waals surface area contributed by atoms with Crippen molar-refractivity contribution in [2.45, 2.75) is 36.2 Å². The van der Waals surface area contributed by atoms with Gasteiger partial charge in [0.2, 0.25) is 0 Å². The molecular weight excluding hydrogens is 176 g/mol. The highest BCUT2D eigenvalue weighted by molar-refractivity contribution is 7.93. The molecule has 2 atom stereocenters. The van der Waals surface area contributed by atoms with Crippen molar-refractivity contribution in [3.63, 3.8) is 0 Å². The van der Waals surface area contributed by atoms with E-state index in [0.29, 0.717) is 12.8 Å². The molecule has 0 saturated carbocycles. The smallest absolute Gasteiger partial charge is 0.156 e. The van der Waals surface area contributed by atoms with Gasteiger partial charge in [0.05, 0.1) is 10.5 Å². The van der Waals surface area contributed by atoms with E-state index in [2.05, 4.69) is 0 Å². The lowest BCUT2D eigenvalue weighted by Gasteiger charge is -2.23. The number of sulfone groups is 1. The Morgan fingerprint density at radius 3 is 2.00 bits per heavy atom. The average molecular weight is 188 g/mol. The third-order valence-corrected chi connectivity index (χ3v) is 5.78. The first kappa shape index (κ1) is 8.23. The summed E-state index contributed by atoms with van der Waals surface area (Å²) in [5, 5.41) is -0.405. The predicted molar refractivity (Wildman–Crippen MR) is 44.5 cm³/mol. The van der Waals surface area contributed by atoms with Crippen LogP contribution in [-0.4, -0.2) is 25.2 Å². The van der Waals surface area contributed by atoms with E-state index < -0.39 is 9.84 Å². The zero-order valence-corrected chi connectivity index (χ0v) is 7.59. The molecule has 68 valence electrons. The van der Waals surface area contributed by atoms with E-state index >= 15 is 0 Å². The fourth-order valence-electron chi connectivity index (χ4n) is 2.36. The van der Waals surface area contributed by atoms with E-state index in [0.717, 1.165) is 19.1 Å². The van der Waals surface area contributed by atoms with Crippen LogP contribution in [0.4, 0.5) is 0 Å². The van der Waals surface area contributed by atoms with Gasteiger partial charge in [0.25, 0.3) is 0 Å². The van der Waals surface area contributed by atoms with Gasteiger partial charge in [-0.3, -0.25) is 0 Å². The molecule has 2 aliphatic rings. The molecule has 0 radical (unpaired) electrons. The summed E-state index contributed by atoms with van der Waals surface area (Å²) in [7, 11) is -2.83. The Morgan fingerprint density at radius 1 is 1.08 bits per heavy atom. The molecule has 0 aliphatic carbocycles. The molecule has 2 rings (SSSR count). The van der Waals surface area contributed by atoms with Gasteiger partial charge in [0.1, 0.15) is 6.29 Å². The van der Waals surface area contributed by atoms with Crippen molar-refractivity contribution in [2.24, 2.45) is 5.92 Å². The Kier molecular flexibility index (Phi) is 1.75. The maximum Gasteiger partial charge on any atom is 0.156 e. The molecule has 0 aromatic heterocycles. The first-order valence-corrected chi connectivity index (χ1v) is 5.93. The van der Waals surface area contributed by atoms with Crippen LogP contribution in [-0.2, 0) is 14.6 Å². The zero-order chi connectivity index (χ0) is 8.77. The van der Waals surface area contributed by atoms with Gasteiger partial charge in [-0.15, -0.1) is 0 Å². The molecular formula is C8H12O3S. The number of hydrogen-bond donors (Lipinski definition) is 0. The average Bonchev–Trinajstić information content (AvgIpc) is 2.29. The maximum absolute atomic E-state index is 11.5. The van der Waals surface area contributed by atoms with Crippen molar-refractivity contribution in [3.05, 3.63) is 0 Å². The minimum absolute atomic E-state index is 0.00558. The summed E-state index contributed by atoms with van der Waals surface area (Å²) in [6.45, 7) is 0. The number of hydrogen-bond acceptors (Lipinski definition) is 3. The summed E-state index contributed by atoms with van der Waals surface area (Å²) < 4.78 is 23.0. The van der Waals surface area contributed by atoms with Crippen molar-refractivity contribution < 1.29 is 13.2 Å². The van der Waals surface area contributed by atoms with Crippen LogP contribution in [0.25, 0.3) is 0 Å². The van der Waals surface area contributed by atoms with E-state index in [9.17, 15) is 13.2 Å². The van der Waals surface area contributed by atoms with Crippen LogP contribution < -0.4 is 0 Å². The van der Waals surface area contributed by atoms with Crippen LogP contribution in [0.1, 0.15) is 25.7 Å². The Hall–Kier alpha value is -0.380. The minimum atomic E-state index is -2.83. The van der Waals surface area contributed by atoms with Crippen molar-refractivity contribution in [1.82, 2.24) is 0 Å². The van der Waals surface area contributed by atoms with Crippen LogP contribution in [0.15, 0.2) is 0 Å². The van der Waals surface area contributed by atoms with Crippen molar-refractivity contribution in [1.29, 1.82) is 0 Å². The lowest BCUT2D eigenvalue weighted by Crippen LogP contribution is -2.33. The molecule has 2 unspecified atom stereocenters. The number of rotatable bonds is 1. The van der Waals surface area contributed by atoms with Crippen molar-refractivity contribution in [3.8, 4) is 0 Å². The van der Waals surface area contributed by atoms with Crippen molar-refractivity contribution in [2.75, 3.05) is 0 Å². The maximum atomic E-state index is 11.5. The molecule has 2 saturated heterocycles. The number of carbonyl (C=O) groups is 1. The first-order valence-electron chi connectivity index (χ1n) is 4.32. The summed E-state index contributed by atoms with van der Waals surface area (Å²) in [6.07, 6.45) is 3.61. The van der Waals surface area contributed by atoms with Crippen LogP contribution in [0.5, 0.6) is 0 Å². The Labute approximate surface area is 72.1 Å². The fraction of sp³-hybridized carbons (Fsp3) is 0.875. The zero-order valence-electron chi connectivity index (χ0n) is 6.77. The van der Waals surface area contributed by atoms with E-state index in [1.807, 2.05) is 0 Å². The monoisotopic (exact) mass is 188 g/mol. The van der Waals surface area contributed by atoms with Crippen LogP contribution >= 0.6 is 0 Å². The second-order valence-electron chi connectivity index (χ2n) is 3.78. The highest BCUT2D eigenvalue weighted by Crippen LogP contribution is 2.40. The molecule has 4 heteroatoms. The number of aldehydes is 1. The Bertz CT molecular complexity index is 273. The summed E-state index contributed by atoms with van der Waals surface area (Å²) in [5.41, 5.74) is 0. The van der Waals surface area contributed by atoms with Gasteiger partial charge in [-0.1, -0.05) is 0 Å². The predicted octanol–water partition coefficient (Wildman–Crippen LogP) is 0.541. The SMILES string of the molecule is O=CC1CC2CCC(C1)S2(=O)=O. The summed E-state index contributed by atoms with van der Waals surface area (Å²) >= 11 is 0.